The summed E-state index contributed by atoms with van der Waals surface area (Å²) in [6, 6.07) is -0.778. The maximum Gasteiger partial charge on any atom is 0.416 e. The van der Waals surface area contributed by atoms with Gasteiger partial charge in [0.1, 0.15) is 6.04 Å². The van der Waals surface area contributed by atoms with E-state index < -0.39 is 47.0 Å². The number of benzene rings is 1. The van der Waals surface area contributed by atoms with Gasteiger partial charge in [0.25, 0.3) is 0 Å². The maximum atomic E-state index is 12.8. The Balaban J connectivity index is 3.61. The minimum Gasteiger partial charge on any atom is -0.368 e. The molecule has 2 amide bonds. The number of hydrogen-bond donors (Lipinski definition) is 1. The second kappa shape index (κ2) is 6.09. The SMILES string of the molecule is CC(=O)N(c1cc(C(F)(F)F)cc(C(F)(F)F)c1)C(C)C(N)=O. The summed E-state index contributed by atoms with van der Waals surface area (Å²) in [7, 11) is 0. The molecule has 128 valence electrons. The largest absolute Gasteiger partial charge is 0.416 e. The van der Waals surface area contributed by atoms with Crippen molar-refractivity contribution in [2.24, 2.45) is 5.73 Å². The molecule has 0 saturated heterocycles. The van der Waals surface area contributed by atoms with Crippen LogP contribution < -0.4 is 10.6 Å². The van der Waals surface area contributed by atoms with Crippen LogP contribution in [0.2, 0.25) is 0 Å². The van der Waals surface area contributed by atoms with E-state index in [-0.39, 0.29) is 6.07 Å². The Labute approximate surface area is 126 Å². The van der Waals surface area contributed by atoms with Crippen LogP contribution in [0.5, 0.6) is 0 Å². The van der Waals surface area contributed by atoms with Crippen LogP contribution in [0, 0.1) is 0 Å². The molecule has 0 aromatic heterocycles. The molecule has 1 rings (SSSR count). The molecule has 1 aromatic carbocycles. The van der Waals surface area contributed by atoms with Crippen molar-refractivity contribution in [3.8, 4) is 0 Å². The third-order valence-corrected chi connectivity index (χ3v) is 2.99. The Morgan fingerprint density at radius 1 is 1.00 bits per heavy atom. The van der Waals surface area contributed by atoms with Gasteiger partial charge < -0.3 is 10.6 Å². The van der Waals surface area contributed by atoms with Gasteiger partial charge in [-0.3, -0.25) is 9.59 Å². The van der Waals surface area contributed by atoms with Crippen molar-refractivity contribution in [1.29, 1.82) is 0 Å². The molecule has 1 aromatic rings. The fourth-order valence-electron chi connectivity index (χ4n) is 1.88. The number of primary amides is 1. The van der Waals surface area contributed by atoms with Gasteiger partial charge in [-0.05, 0) is 25.1 Å². The maximum absolute atomic E-state index is 12.8. The summed E-state index contributed by atoms with van der Waals surface area (Å²) in [5.74, 6) is -2.00. The van der Waals surface area contributed by atoms with Crippen LogP contribution in [0.25, 0.3) is 0 Å². The first-order chi connectivity index (χ1) is 10.2. The van der Waals surface area contributed by atoms with E-state index >= 15 is 0 Å². The fourth-order valence-corrected chi connectivity index (χ4v) is 1.88. The van der Waals surface area contributed by atoms with E-state index in [1.54, 1.807) is 0 Å². The molecule has 0 aliphatic heterocycles. The minimum absolute atomic E-state index is 0.0727. The molecule has 0 heterocycles. The summed E-state index contributed by atoms with van der Waals surface area (Å²) >= 11 is 0. The smallest absolute Gasteiger partial charge is 0.368 e. The van der Waals surface area contributed by atoms with E-state index in [0.717, 1.165) is 13.8 Å². The lowest BCUT2D eigenvalue weighted by Crippen LogP contribution is -2.45. The Morgan fingerprint density at radius 3 is 1.65 bits per heavy atom. The third kappa shape index (κ3) is 4.36. The number of halogens is 6. The first-order valence-electron chi connectivity index (χ1n) is 6.13. The number of alkyl halides is 6. The van der Waals surface area contributed by atoms with Gasteiger partial charge in [-0.25, -0.2) is 0 Å². The molecule has 0 fully saturated rings. The molecule has 0 saturated carbocycles. The average Bonchev–Trinajstić information content (AvgIpc) is 2.35. The van der Waals surface area contributed by atoms with Crippen molar-refractivity contribution in [2.45, 2.75) is 32.2 Å². The Morgan fingerprint density at radius 2 is 1.39 bits per heavy atom. The molecule has 0 aliphatic rings. The van der Waals surface area contributed by atoms with E-state index in [9.17, 15) is 35.9 Å². The van der Waals surface area contributed by atoms with E-state index in [0.29, 0.717) is 17.0 Å². The first kappa shape index (κ1) is 18.8. The van der Waals surface area contributed by atoms with Crippen LogP contribution in [-0.4, -0.2) is 17.9 Å². The number of carbonyl (C=O) groups is 2. The lowest BCUT2D eigenvalue weighted by atomic mass is 10.1. The van der Waals surface area contributed by atoms with Gasteiger partial charge >= 0.3 is 12.4 Å². The van der Waals surface area contributed by atoms with E-state index in [2.05, 4.69) is 0 Å². The Kier molecular flexibility index (Phi) is 4.97. The molecule has 0 radical (unpaired) electrons. The number of hydrogen-bond acceptors (Lipinski definition) is 2. The van der Waals surface area contributed by atoms with Gasteiger partial charge in [-0.2, -0.15) is 26.3 Å². The normalized spacial score (nSPS) is 13.6. The second-order valence-electron chi connectivity index (χ2n) is 4.73. The van der Waals surface area contributed by atoms with Gasteiger partial charge in [0, 0.05) is 12.6 Å². The third-order valence-electron chi connectivity index (χ3n) is 2.99. The van der Waals surface area contributed by atoms with Gasteiger partial charge in [-0.1, -0.05) is 0 Å². The summed E-state index contributed by atoms with van der Waals surface area (Å²) < 4.78 is 76.8. The van der Waals surface area contributed by atoms with Crippen LogP contribution >= 0.6 is 0 Å². The highest BCUT2D eigenvalue weighted by Gasteiger charge is 2.38. The van der Waals surface area contributed by atoms with Crippen molar-refractivity contribution in [3.05, 3.63) is 29.3 Å². The Hall–Kier alpha value is -2.26. The van der Waals surface area contributed by atoms with Gasteiger partial charge in [0.2, 0.25) is 11.8 Å². The molecule has 0 aliphatic carbocycles. The van der Waals surface area contributed by atoms with Crippen LogP contribution in [0.1, 0.15) is 25.0 Å². The Bertz CT molecular complexity index is 592. The van der Waals surface area contributed by atoms with E-state index in [1.165, 1.54) is 0 Å². The average molecular weight is 342 g/mol. The number of nitrogens with zero attached hydrogens (tertiary/aromatic N) is 1. The van der Waals surface area contributed by atoms with Crippen molar-refractivity contribution in [2.75, 3.05) is 4.90 Å². The lowest BCUT2D eigenvalue weighted by Gasteiger charge is -2.27. The molecule has 0 bridgehead atoms. The zero-order valence-corrected chi connectivity index (χ0v) is 11.9. The monoisotopic (exact) mass is 342 g/mol. The highest BCUT2D eigenvalue weighted by atomic mass is 19.4. The summed E-state index contributed by atoms with van der Waals surface area (Å²) in [5.41, 5.74) is 1.08. The van der Waals surface area contributed by atoms with Gasteiger partial charge in [-0.15, -0.1) is 0 Å². The molecule has 10 heteroatoms. The van der Waals surface area contributed by atoms with Crippen LogP contribution in [0.15, 0.2) is 18.2 Å². The van der Waals surface area contributed by atoms with Crippen LogP contribution in [0.3, 0.4) is 0 Å². The summed E-state index contributed by atoms with van der Waals surface area (Å²) in [6.45, 7) is 1.99. The van der Waals surface area contributed by atoms with Crippen molar-refractivity contribution < 1.29 is 35.9 Å². The summed E-state index contributed by atoms with van der Waals surface area (Å²) in [6.07, 6.45) is -10.1. The number of rotatable bonds is 3. The predicted octanol–water partition coefficient (Wildman–Crippen LogP) is 2.95. The number of amides is 2. The molecular weight excluding hydrogens is 330 g/mol. The summed E-state index contributed by atoms with van der Waals surface area (Å²) in [5, 5.41) is 0. The molecule has 23 heavy (non-hydrogen) atoms. The highest BCUT2D eigenvalue weighted by Crippen LogP contribution is 2.38. The molecule has 1 atom stereocenters. The van der Waals surface area contributed by atoms with E-state index in [1.807, 2.05) is 0 Å². The predicted molar refractivity (Wildman–Crippen MR) is 68.3 cm³/mol. The quantitative estimate of drug-likeness (QED) is 0.859. The highest BCUT2D eigenvalue weighted by molar-refractivity contribution is 5.99. The second-order valence-corrected chi connectivity index (χ2v) is 4.73. The number of anilines is 1. The van der Waals surface area contributed by atoms with Crippen molar-refractivity contribution in [1.82, 2.24) is 0 Å². The van der Waals surface area contributed by atoms with Gasteiger partial charge in [0.05, 0.1) is 11.1 Å². The topological polar surface area (TPSA) is 63.4 Å². The zero-order valence-electron chi connectivity index (χ0n) is 11.9. The van der Waals surface area contributed by atoms with Crippen molar-refractivity contribution >= 4 is 17.5 Å². The molecular formula is C13H12F6N2O2. The van der Waals surface area contributed by atoms with E-state index in [4.69, 9.17) is 5.73 Å². The van der Waals surface area contributed by atoms with Crippen molar-refractivity contribution in [3.63, 3.8) is 0 Å². The molecule has 1 unspecified atom stereocenters. The first-order valence-corrected chi connectivity index (χ1v) is 6.13. The number of nitrogens with two attached hydrogens (primary N) is 1. The molecule has 4 nitrogen and oxygen atoms in total. The number of carbonyl (C=O) groups excluding carboxylic acids is 2. The molecule has 2 N–H and O–H groups in total. The summed E-state index contributed by atoms with van der Waals surface area (Å²) in [4.78, 5) is 23.2. The van der Waals surface area contributed by atoms with Crippen LogP contribution in [-0.2, 0) is 21.9 Å². The molecule has 0 spiro atoms. The fraction of sp³-hybridized carbons (Fsp3) is 0.385. The van der Waals surface area contributed by atoms with Gasteiger partial charge in [0.15, 0.2) is 0 Å². The minimum atomic E-state index is -5.06. The zero-order chi connectivity index (χ0) is 18.2. The van der Waals surface area contributed by atoms with Crippen LogP contribution in [0.4, 0.5) is 32.0 Å². The standard InChI is InChI=1S/C13H12F6N2O2/c1-6(11(20)23)21(7(2)22)10-4-8(12(14,15)16)3-9(5-10)13(17,18)19/h3-6H,1-2H3,(H2,20,23). The lowest BCUT2D eigenvalue weighted by molar-refractivity contribution is -0.143.